The fraction of sp³-hybridized carbons (Fsp3) is 0.852. The molecule has 9 fully saturated rings. The lowest BCUT2D eigenvalue weighted by Gasteiger charge is -2.39. The molecule has 9 aliphatic rings. The van der Waals surface area contributed by atoms with Crippen LogP contribution in [0.2, 0.25) is 0 Å². The number of carbonyl (C=O) groups excluding carboxylic acids is 5. The maximum absolute atomic E-state index is 14.3. The van der Waals surface area contributed by atoms with E-state index >= 15 is 0 Å². The smallest absolute Gasteiger partial charge is 0.328 e. The van der Waals surface area contributed by atoms with Crippen molar-refractivity contribution in [3.05, 3.63) is 0 Å². The first kappa shape index (κ1) is 52.1. The third-order valence-corrected chi connectivity index (χ3v) is 18.3. The molecule has 5 aliphatic carbocycles. The molecule has 390 valence electrons. The number of carboxylic acids is 2. The zero-order valence-electron chi connectivity index (χ0n) is 42.9. The number of carbonyl (C=O) groups is 7. The average molecular weight is 976 g/mol. The molecule has 16 nitrogen and oxygen atoms in total. The molecule has 10 atom stereocenters. The van der Waals surface area contributed by atoms with Gasteiger partial charge in [0, 0.05) is 24.2 Å². The van der Waals surface area contributed by atoms with Crippen LogP contribution >= 0.6 is 0 Å². The Balaban J connectivity index is 0.000000191. The molecule has 0 bridgehead atoms. The summed E-state index contributed by atoms with van der Waals surface area (Å²) >= 11 is 0. The molecule has 6 amide bonds. The van der Waals surface area contributed by atoms with Gasteiger partial charge in [0.1, 0.15) is 36.3 Å². The summed E-state index contributed by atoms with van der Waals surface area (Å²) in [5.74, 6) is -1.24. The van der Waals surface area contributed by atoms with Gasteiger partial charge in [-0.1, -0.05) is 110 Å². The van der Waals surface area contributed by atoms with E-state index in [0.717, 1.165) is 148 Å². The Labute approximate surface area is 416 Å². The van der Waals surface area contributed by atoms with Crippen LogP contribution in [0.5, 0.6) is 0 Å². The molecular weight excluding hydrogens is 891 g/mol. The monoisotopic (exact) mass is 976 g/mol. The number of fused-ring (bicyclic) bond motifs is 2. The summed E-state index contributed by atoms with van der Waals surface area (Å²) in [7, 11) is 0. The Bertz CT molecular complexity index is 1950. The highest BCUT2D eigenvalue weighted by Crippen LogP contribution is 2.43. The Morgan fingerprint density at radius 1 is 0.529 bits per heavy atom. The van der Waals surface area contributed by atoms with Crippen molar-refractivity contribution >= 4 is 47.6 Å². The Kier molecular flexibility index (Phi) is 17.2. The minimum atomic E-state index is -0.974. The van der Waals surface area contributed by atoms with E-state index in [0.29, 0.717) is 31.6 Å². The van der Waals surface area contributed by atoms with Crippen LogP contribution in [-0.2, 0) is 28.8 Å². The normalized spacial score (nSPS) is 32.8. The highest BCUT2D eigenvalue weighted by atomic mass is 16.4. The molecule has 4 saturated heterocycles. The Hall–Kier alpha value is -4.24. The molecule has 2 unspecified atom stereocenters. The fourth-order valence-corrected chi connectivity index (χ4v) is 14.7. The van der Waals surface area contributed by atoms with Gasteiger partial charge < -0.3 is 29.8 Å². The number of carboxylic acid groups (broad SMARTS) is 2. The van der Waals surface area contributed by atoms with Crippen LogP contribution in [0.1, 0.15) is 214 Å². The van der Waals surface area contributed by atoms with Gasteiger partial charge in [0.05, 0.1) is 6.04 Å². The lowest BCUT2D eigenvalue weighted by Crippen LogP contribution is -2.56. The van der Waals surface area contributed by atoms with Crippen LogP contribution in [0.4, 0.5) is 4.79 Å². The van der Waals surface area contributed by atoms with Crippen molar-refractivity contribution in [1.82, 2.24) is 29.4 Å². The van der Waals surface area contributed by atoms with Gasteiger partial charge >= 0.3 is 18.0 Å². The van der Waals surface area contributed by atoms with E-state index in [1.54, 1.807) is 16.7 Å². The van der Waals surface area contributed by atoms with Gasteiger partial charge in [0.15, 0.2) is 0 Å². The van der Waals surface area contributed by atoms with Gasteiger partial charge in [0.2, 0.25) is 17.8 Å². The second-order valence-electron chi connectivity index (χ2n) is 22.7. The average Bonchev–Trinajstić information content (AvgIpc) is 4.10. The maximum Gasteiger partial charge on any atom is 0.328 e. The lowest BCUT2D eigenvalue weighted by atomic mass is 9.84. The van der Waals surface area contributed by atoms with Gasteiger partial charge in [-0.3, -0.25) is 29.0 Å². The number of rotatable bonds is 13. The number of nitrogens with zero attached hydrogens (tertiary/aromatic N) is 7. The van der Waals surface area contributed by atoms with Gasteiger partial charge in [-0.2, -0.15) is 0 Å². The van der Waals surface area contributed by atoms with Crippen LogP contribution in [0.3, 0.4) is 0 Å². The summed E-state index contributed by atoms with van der Waals surface area (Å²) in [5.41, 5.74) is 0. The van der Waals surface area contributed by atoms with Crippen molar-refractivity contribution in [3.8, 4) is 0 Å². The highest BCUT2D eigenvalue weighted by Gasteiger charge is 2.56. The molecule has 4 heterocycles. The highest BCUT2D eigenvalue weighted by molar-refractivity contribution is 6.09. The largest absolute Gasteiger partial charge is 0.480 e. The number of amides is 6. The summed E-state index contributed by atoms with van der Waals surface area (Å²) in [5, 5.41) is 19.9. The number of urea groups is 1. The molecule has 9 rings (SSSR count). The minimum Gasteiger partial charge on any atom is -0.480 e. The van der Waals surface area contributed by atoms with Crippen LogP contribution in [0.15, 0.2) is 4.99 Å². The molecule has 0 radical (unpaired) electrons. The third-order valence-electron chi connectivity index (χ3n) is 18.3. The van der Waals surface area contributed by atoms with E-state index in [4.69, 9.17) is 4.99 Å². The zero-order valence-corrected chi connectivity index (χ0v) is 42.9. The first-order chi connectivity index (χ1) is 33.8. The number of aliphatic imine (C=N–C) groups is 1. The molecule has 16 heteroatoms. The van der Waals surface area contributed by atoms with E-state index in [1.807, 2.05) is 23.6 Å². The number of aliphatic carboxylic acids is 2. The van der Waals surface area contributed by atoms with Crippen molar-refractivity contribution in [1.29, 1.82) is 0 Å². The SMILES string of the molecule is CCCC1C(=O)N(C2CCCCC2)C(=NC2CCCCC2)N1[C@@H](C)C(=O)N1[C@H](C(=O)O)C[C@@H]2CCCC[C@@H]21.CCCC1C(=O)N(C2CCCCC2)C(=O)N1[C@@H](C)C(=O)N1[C@H](C(=O)O)C[C@@H]2CCCC[C@@H]21. The molecule has 0 aromatic heterocycles. The van der Waals surface area contributed by atoms with Crippen LogP contribution < -0.4 is 0 Å². The molecular formula is C54H85N7O9. The first-order valence-corrected chi connectivity index (χ1v) is 28.2. The molecule has 2 N–H and O–H groups in total. The quantitative estimate of drug-likeness (QED) is 0.170. The topological polar surface area (TPSA) is 192 Å². The predicted octanol–water partition coefficient (Wildman–Crippen LogP) is 8.34. The van der Waals surface area contributed by atoms with Crippen molar-refractivity contribution in [2.75, 3.05) is 0 Å². The molecule has 4 aliphatic heterocycles. The second kappa shape index (κ2) is 23.1. The van der Waals surface area contributed by atoms with Crippen molar-refractivity contribution in [2.24, 2.45) is 16.8 Å². The summed E-state index contributed by atoms with van der Waals surface area (Å²) in [6, 6.07) is -4.33. The van der Waals surface area contributed by atoms with Gasteiger partial charge in [-0.05, 0) is 116 Å². The number of guanidine groups is 1. The number of likely N-dealkylation sites (tertiary alicyclic amines) is 2. The number of hydrogen-bond donors (Lipinski definition) is 2. The molecule has 0 spiro atoms. The Morgan fingerprint density at radius 2 is 0.914 bits per heavy atom. The molecule has 70 heavy (non-hydrogen) atoms. The first-order valence-electron chi connectivity index (χ1n) is 28.2. The van der Waals surface area contributed by atoms with E-state index in [-0.39, 0.29) is 71.7 Å². The minimum absolute atomic E-state index is 0.00379. The number of hydrogen-bond acceptors (Lipinski definition) is 8. The van der Waals surface area contributed by atoms with E-state index in [2.05, 4.69) is 6.92 Å². The lowest BCUT2D eigenvalue weighted by molar-refractivity contribution is -0.152. The molecule has 0 aromatic rings. The third kappa shape index (κ3) is 10.4. The number of imide groups is 1. The van der Waals surface area contributed by atoms with E-state index in [9.17, 15) is 43.8 Å². The van der Waals surface area contributed by atoms with Crippen molar-refractivity contribution in [2.45, 2.75) is 280 Å². The van der Waals surface area contributed by atoms with E-state index < -0.39 is 48.2 Å². The summed E-state index contributed by atoms with van der Waals surface area (Å²) < 4.78 is 0. The van der Waals surface area contributed by atoms with Gasteiger partial charge in [-0.25, -0.2) is 19.4 Å². The van der Waals surface area contributed by atoms with Crippen LogP contribution in [0, 0.1) is 11.8 Å². The van der Waals surface area contributed by atoms with E-state index in [1.165, 1.54) is 22.6 Å². The van der Waals surface area contributed by atoms with Crippen molar-refractivity contribution in [3.63, 3.8) is 0 Å². The summed E-state index contributed by atoms with van der Waals surface area (Å²) in [6.45, 7) is 7.63. The van der Waals surface area contributed by atoms with Crippen LogP contribution in [-0.4, -0.2) is 154 Å². The second-order valence-corrected chi connectivity index (χ2v) is 22.7. The maximum atomic E-state index is 14.3. The van der Waals surface area contributed by atoms with Crippen LogP contribution in [0.25, 0.3) is 0 Å². The summed E-state index contributed by atoms with van der Waals surface area (Å²) in [4.78, 5) is 109. The van der Waals surface area contributed by atoms with Crippen molar-refractivity contribution < 1.29 is 43.8 Å². The molecule has 5 saturated carbocycles. The van der Waals surface area contributed by atoms with Gasteiger partial charge in [0.25, 0.3) is 11.8 Å². The Morgan fingerprint density at radius 3 is 1.37 bits per heavy atom. The molecule has 0 aromatic carbocycles. The predicted molar refractivity (Wildman–Crippen MR) is 264 cm³/mol. The standard InChI is InChI=1S/C30H48N4O4.C24H37N3O5/c1-3-12-25-28(36)33(23-16-8-5-9-17-23)30(31-22-14-6-4-7-15-22)32(25)20(2)27(35)34-24-18-11-10-13-21(24)19-26(34)29(37)38;1-3-9-19-22(29)26(17-11-5-4-6-12-17)24(32)25(19)15(2)21(28)27-18-13-8-7-10-16(18)14-20(27)23(30)31/h20-26H,3-19H2,1-2H3,(H,37,38);15-20H,3-14H2,1-2H3,(H,30,31)/t20-,21-,24-,25?,26-;15-,16-,18-,19?,20-/m00/s1. The fourth-order valence-electron chi connectivity index (χ4n) is 14.7. The zero-order chi connectivity index (χ0) is 49.8. The summed E-state index contributed by atoms with van der Waals surface area (Å²) in [6.07, 6.45) is 27.4. The van der Waals surface area contributed by atoms with Gasteiger partial charge in [-0.15, -0.1) is 0 Å².